The first kappa shape index (κ1) is 43.5. The van der Waals surface area contributed by atoms with Gasteiger partial charge in [0.2, 0.25) is 17.1 Å². The number of aliphatic hydroxyl groups excluding tert-OH is 7. The molecule has 0 aromatic carbocycles. The summed E-state index contributed by atoms with van der Waals surface area (Å²) in [6.07, 6.45) is -4.62. The van der Waals surface area contributed by atoms with Crippen LogP contribution in [0.2, 0.25) is 0 Å². The van der Waals surface area contributed by atoms with Crippen LogP contribution in [0.4, 0.5) is 0 Å². The highest BCUT2D eigenvalue weighted by Gasteiger charge is 2.48. The van der Waals surface area contributed by atoms with Crippen LogP contribution in [-0.2, 0) is 25.4 Å². The lowest BCUT2D eigenvalue weighted by atomic mass is 9.94. The van der Waals surface area contributed by atoms with Crippen molar-refractivity contribution in [3.8, 4) is 11.6 Å². The minimum absolute atomic E-state index is 0.142. The first-order chi connectivity index (χ1) is 24.6. The maximum absolute atomic E-state index is 12.6. The number of rotatable bonds is 16. The minimum Gasteiger partial charge on any atom is -0.488 e. The molecule has 0 saturated carbocycles. The third kappa shape index (κ3) is 10.6. The van der Waals surface area contributed by atoms with Gasteiger partial charge in [0, 0.05) is 23.6 Å². The zero-order chi connectivity index (χ0) is 38.9. The van der Waals surface area contributed by atoms with Gasteiger partial charge >= 0.3 is 0 Å². The van der Waals surface area contributed by atoms with Gasteiger partial charge in [0.1, 0.15) is 48.8 Å². The van der Waals surface area contributed by atoms with Gasteiger partial charge in [-0.05, 0) is 46.6 Å². The summed E-state index contributed by atoms with van der Waals surface area (Å²) in [5, 5.41) is 72.0. The molecule has 12 atom stereocenters. The molecule has 0 radical (unpaired) electrons. The lowest BCUT2D eigenvalue weighted by Gasteiger charge is -2.43. The number of aromatic nitrogens is 1. The van der Waals surface area contributed by atoms with E-state index in [0.29, 0.717) is 18.4 Å². The Balaban J connectivity index is 1.66. The van der Waals surface area contributed by atoms with E-state index in [1.807, 2.05) is 65.0 Å². The predicted octanol–water partition coefficient (Wildman–Crippen LogP) is 0.694. The fourth-order valence-corrected chi connectivity index (χ4v) is 6.10. The van der Waals surface area contributed by atoms with E-state index in [9.17, 15) is 40.5 Å². The maximum atomic E-state index is 12.6. The summed E-state index contributed by atoms with van der Waals surface area (Å²) in [5.41, 5.74) is 3.95. The Labute approximate surface area is 304 Å². The number of hydrogen-bond acceptors (Lipinski definition) is 14. The quantitative estimate of drug-likeness (QED) is 0.0862. The van der Waals surface area contributed by atoms with Crippen LogP contribution in [0.25, 0.3) is 0 Å². The zero-order valence-electron chi connectivity index (χ0n) is 31.1. The molecule has 0 bridgehead atoms. The number of allylic oxidation sites excluding steroid dienone is 6. The molecule has 3 heterocycles. The highest BCUT2D eigenvalue weighted by atomic mass is 16.7. The maximum Gasteiger partial charge on any atom is 0.238 e. The topological polar surface area (TPSA) is 230 Å². The summed E-state index contributed by atoms with van der Waals surface area (Å²) in [4.78, 5) is 15.8. The molecule has 1 aromatic rings. The van der Waals surface area contributed by atoms with Gasteiger partial charge in [-0.2, -0.15) is 0 Å². The number of nitrogens with one attached hydrogen (secondary N) is 1. The third-order valence-corrected chi connectivity index (χ3v) is 9.48. The first-order valence-electron chi connectivity index (χ1n) is 17.3. The van der Waals surface area contributed by atoms with E-state index < -0.39 is 80.7 Å². The molecule has 8 N–H and O–H groups in total. The molecule has 2 aliphatic heterocycles. The van der Waals surface area contributed by atoms with Gasteiger partial charge < -0.3 is 69.2 Å². The van der Waals surface area contributed by atoms with Crippen LogP contribution in [0, 0.1) is 12.8 Å². The number of methoxy groups -OCH3 is 2. The molecule has 0 unspecified atom stereocenters. The summed E-state index contributed by atoms with van der Waals surface area (Å²) in [7, 11) is 2.89. The number of pyridine rings is 1. The molecule has 2 aliphatic rings. The van der Waals surface area contributed by atoms with E-state index in [1.54, 1.807) is 6.92 Å². The Morgan fingerprint density at radius 3 is 2.12 bits per heavy atom. The molecule has 3 rings (SSSR count). The Morgan fingerprint density at radius 2 is 1.52 bits per heavy atom. The van der Waals surface area contributed by atoms with Gasteiger partial charge in [-0.1, -0.05) is 48.5 Å². The number of H-pyrrole nitrogens is 1. The van der Waals surface area contributed by atoms with Crippen molar-refractivity contribution < 1.29 is 64.2 Å². The Kier molecular flexibility index (Phi) is 16.7. The van der Waals surface area contributed by atoms with Crippen molar-refractivity contribution >= 4 is 0 Å². The van der Waals surface area contributed by atoms with Crippen LogP contribution in [0.3, 0.4) is 0 Å². The number of ether oxygens (including phenoxy) is 6. The number of hydrogen-bond donors (Lipinski definition) is 8. The van der Waals surface area contributed by atoms with Crippen molar-refractivity contribution in [2.45, 2.75) is 122 Å². The van der Waals surface area contributed by atoms with Gasteiger partial charge in [0.15, 0.2) is 12.6 Å². The highest BCUT2D eigenvalue weighted by Crippen LogP contribution is 2.30. The van der Waals surface area contributed by atoms with Crippen molar-refractivity contribution in [1.29, 1.82) is 0 Å². The first-order valence-corrected chi connectivity index (χ1v) is 17.3. The fraction of sp³-hybridized carbons (Fsp3) is 0.649. The number of aromatic amines is 1. The zero-order valence-corrected chi connectivity index (χ0v) is 31.1. The summed E-state index contributed by atoms with van der Waals surface area (Å²) in [6.45, 7) is 10.2. The smallest absolute Gasteiger partial charge is 0.238 e. The third-order valence-electron chi connectivity index (χ3n) is 9.48. The Morgan fingerprint density at radius 1 is 0.904 bits per heavy atom. The lowest BCUT2D eigenvalue weighted by Crippen LogP contribution is -2.62. The van der Waals surface area contributed by atoms with Crippen LogP contribution in [0.15, 0.2) is 51.9 Å². The molecule has 15 heteroatoms. The highest BCUT2D eigenvalue weighted by molar-refractivity contribution is 5.40. The van der Waals surface area contributed by atoms with Gasteiger partial charge in [-0.3, -0.25) is 4.79 Å². The van der Waals surface area contributed by atoms with Crippen molar-refractivity contribution in [3.63, 3.8) is 0 Å². The van der Waals surface area contributed by atoms with Gasteiger partial charge in [-0.15, -0.1) is 0 Å². The van der Waals surface area contributed by atoms with E-state index in [4.69, 9.17) is 28.4 Å². The molecule has 0 spiro atoms. The summed E-state index contributed by atoms with van der Waals surface area (Å²) in [5.74, 6) is 0.193. The van der Waals surface area contributed by atoms with Crippen LogP contribution in [0.1, 0.15) is 52.3 Å². The van der Waals surface area contributed by atoms with E-state index in [0.717, 1.165) is 22.4 Å². The largest absolute Gasteiger partial charge is 0.488 e. The molecule has 0 aliphatic carbocycles. The molecule has 15 nitrogen and oxygen atoms in total. The number of aliphatic hydroxyl groups is 7. The van der Waals surface area contributed by atoms with E-state index in [-0.39, 0.29) is 23.0 Å². The monoisotopic (exact) mass is 739 g/mol. The van der Waals surface area contributed by atoms with Crippen LogP contribution < -0.4 is 14.9 Å². The average molecular weight is 740 g/mol. The van der Waals surface area contributed by atoms with Crippen molar-refractivity contribution in [3.05, 3.63) is 68.6 Å². The standard InChI is InChI=1S/C37H57NO14/c1-9-20(4)33(21(5)15-19(3)12-10-11-18(2)13-14-23-22(6)26(40)34(47-7)35(38-23)48-8)52-37-32(46)30(44)28(42)25(51-37)17-49-36-31(45)29(43)27(41)24(16-39)50-36/h9-10,12-13,15,21,24-25,27-33,36-37,39,41-46H,11,14,16-17H2,1-8H3,(H,38,40)/b12-10+,18-13+,19-15+,20-9+/t21-,24-,25-,27-,28-,29+,30+,31-,32-,33+,36+,37+/m1/s1. The minimum atomic E-state index is -1.67. The molecule has 52 heavy (non-hydrogen) atoms. The predicted molar refractivity (Wildman–Crippen MR) is 190 cm³/mol. The summed E-state index contributed by atoms with van der Waals surface area (Å²) < 4.78 is 33.5. The van der Waals surface area contributed by atoms with Crippen molar-refractivity contribution in [1.82, 2.24) is 4.98 Å². The molecular formula is C37H57NO14. The molecule has 0 amide bonds. The van der Waals surface area contributed by atoms with Gasteiger partial charge in [-0.25, -0.2) is 0 Å². The molecule has 2 fully saturated rings. The molecule has 1 aromatic heterocycles. The van der Waals surface area contributed by atoms with Crippen LogP contribution >= 0.6 is 0 Å². The normalized spacial score (nSPS) is 31.9. The van der Waals surface area contributed by atoms with Crippen LogP contribution in [-0.4, -0.2) is 136 Å². The fourth-order valence-electron chi connectivity index (χ4n) is 6.10. The Bertz CT molecular complexity index is 1490. The van der Waals surface area contributed by atoms with Gasteiger partial charge in [0.05, 0.1) is 33.5 Å². The van der Waals surface area contributed by atoms with Crippen molar-refractivity contribution in [2.24, 2.45) is 5.92 Å². The second-order valence-corrected chi connectivity index (χ2v) is 13.4. The average Bonchev–Trinajstić information content (AvgIpc) is 3.12. The second kappa shape index (κ2) is 19.9. The van der Waals surface area contributed by atoms with Crippen molar-refractivity contribution in [2.75, 3.05) is 27.4 Å². The lowest BCUT2D eigenvalue weighted by molar-refractivity contribution is -0.335. The van der Waals surface area contributed by atoms with E-state index >= 15 is 0 Å². The molecule has 2 saturated heterocycles. The molecule has 294 valence electrons. The SMILES string of the molecule is C/C=C(\C)[C@H](O[C@@H]1O[C@H](CO[C@H]2O[C@H](CO)[C@@H](O)[C@H](O)[C@H]2O)[C@@H](O)[C@H](O)[C@H]1O)[C@H](C)/C=C(C)/C=C/C/C(C)=C/Cc1[nH]c(OC)c(OC)c(=O)c1C. The Hall–Kier alpha value is -2.93. The summed E-state index contributed by atoms with van der Waals surface area (Å²) in [6, 6.07) is 0. The van der Waals surface area contributed by atoms with Crippen LogP contribution in [0.5, 0.6) is 11.6 Å². The molecular weight excluding hydrogens is 682 g/mol. The van der Waals surface area contributed by atoms with E-state index in [1.165, 1.54) is 14.2 Å². The van der Waals surface area contributed by atoms with E-state index in [2.05, 4.69) is 4.98 Å². The summed E-state index contributed by atoms with van der Waals surface area (Å²) >= 11 is 0. The second-order valence-electron chi connectivity index (χ2n) is 13.4. The van der Waals surface area contributed by atoms with Gasteiger partial charge in [0.25, 0.3) is 0 Å².